The molecule has 70 valence electrons. The second kappa shape index (κ2) is 4.60. The Morgan fingerprint density at radius 1 is 1.54 bits per heavy atom. The van der Waals surface area contributed by atoms with Crippen LogP contribution < -0.4 is 5.32 Å². The van der Waals surface area contributed by atoms with Crippen LogP contribution >= 0.6 is 0 Å². The van der Waals surface area contributed by atoms with Gasteiger partial charge < -0.3 is 5.32 Å². The number of carbonyl (C=O) groups excluding carboxylic acids is 1. The molecule has 0 aliphatic heterocycles. The van der Waals surface area contributed by atoms with Crippen LogP contribution in [0.2, 0.25) is 0 Å². The second-order valence-electron chi connectivity index (χ2n) is 2.76. The van der Waals surface area contributed by atoms with Gasteiger partial charge in [-0.2, -0.15) is 0 Å². The Labute approximate surface area is 78.2 Å². The van der Waals surface area contributed by atoms with E-state index in [-0.39, 0.29) is 5.91 Å². The number of nitrogens with one attached hydrogen (secondary N) is 1. The average molecular weight is 178 g/mol. The van der Waals surface area contributed by atoms with Crippen LogP contribution in [0.4, 0.5) is 0 Å². The number of hydrogen-bond donors (Lipinski definition) is 1. The van der Waals surface area contributed by atoms with E-state index in [9.17, 15) is 4.79 Å². The van der Waals surface area contributed by atoms with Crippen molar-refractivity contribution in [3.63, 3.8) is 0 Å². The molecule has 0 aliphatic carbocycles. The summed E-state index contributed by atoms with van der Waals surface area (Å²) >= 11 is 0. The molecule has 0 fully saturated rings. The molecule has 0 unspecified atom stereocenters. The van der Waals surface area contributed by atoms with Crippen LogP contribution in [0.25, 0.3) is 0 Å². The van der Waals surface area contributed by atoms with Crippen LogP contribution in [0.15, 0.2) is 18.3 Å². The first kappa shape index (κ1) is 9.71. The standard InChI is InChI=1S/C10H14N2O/c1-3-8-5-6-12-9(7-8)10(13)11-4-2/h5-7H,3-4H2,1-2H3,(H,11,13). The summed E-state index contributed by atoms with van der Waals surface area (Å²) in [6, 6.07) is 3.74. The smallest absolute Gasteiger partial charge is 0.269 e. The lowest BCUT2D eigenvalue weighted by Crippen LogP contribution is -2.23. The van der Waals surface area contributed by atoms with E-state index in [1.807, 2.05) is 19.1 Å². The average Bonchev–Trinajstić information content (AvgIpc) is 2.18. The molecular weight excluding hydrogens is 164 g/mol. The van der Waals surface area contributed by atoms with Gasteiger partial charge in [-0.05, 0) is 31.0 Å². The molecule has 1 aromatic heterocycles. The summed E-state index contributed by atoms with van der Waals surface area (Å²) in [5, 5.41) is 2.71. The van der Waals surface area contributed by atoms with Crippen LogP contribution in [0.1, 0.15) is 29.9 Å². The maximum Gasteiger partial charge on any atom is 0.269 e. The number of nitrogens with zero attached hydrogens (tertiary/aromatic N) is 1. The molecule has 0 bridgehead atoms. The highest BCUT2D eigenvalue weighted by atomic mass is 16.1. The summed E-state index contributed by atoms with van der Waals surface area (Å²) in [4.78, 5) is 15.3. The lowest BCUT2D eigenvalue weighted by molar-refractivity contribution is 0.0951. The molecule has 0 aliphatic rings. The molecule has 1 rings (SSSR count). The maximum atomic E-state index is 11.3. The third kappa shape index (κ3) is 2.54. The van der Waals surface area contributed by atoms with E-state index >= 15 is 0 Å². The van der Waals surface area contributed by atoms with Crippen LogP contribution in [0, 0.1) is 0 Å². The van der Waals surface area contributed by atoms with Gasteiger partial charge >= 0.3 is 0 Å². The van der Waals surface area contributed by atoms with Gasteiger partial charge in [-0.3, -0.25) is 9.78 Å². The van der Waals surface area contributed by atoms with Crippen LogP contribution in [0.5, 0.6) is 0 Å². The normalized spacial score (nSPS) is 9.69. The number of amides is 1. The predicted octanol–water partition coefficient (Wildman–Crippen LogP) is 1.39. The number of aromatic nitrogens is 1. The summed E-state index contributed by atoms with van der Waals surface area (Å²) in [6.45, 7) is 4.58. The first-order valence-electron chi connectivity index (χ1n) is 4.51. The molecule has 0 atom stereocenters. The lowest BCUT2D eigenvalue weighted by atomic mass is 10.2. The molecule has 0 radical (unpaired) electrons. The second-order valence-corrected chi connectivity index (χ2v) is 2.76. The number of hydrogen-bond acceptors (Lipinski definition) is 2. The van der Waals surface area contributed by atoms with E-state index < -0.39 is 0 Å². The van der Waals surface area contributed by atoms with Gasteiger partial charge in [-0.25, -0.2) is 0 Å². The molecule has 1 amide bonds. The quantitative estimate of drug-likeness (QED) is 0.760. The Morgan fingerprint density at radius 2 is 2.31 bits per heavy atom. The Bertz CT molecular complexity index is 297. The highest BCUT2D eigenvalue weighted by molar-refractivity contribution is 5.92. The number of rotatable bonds is 3. The van der Waals surface area contributed by atoms with E-state index in [1.165, 1.54) is 0 Å². The third-order valence-electron chi connectivity index (χ3n) is 1.80. The number of carbonyl (C=O) groups is 1. The Morgan fingerprint density at radius 3 is 2.92 bits per heavy atom. The summed E-state index contributed by atoms with van der Waals surface area (Å²) in [5.74, 6) is -0.0993. The highest BCUT2D eigenvalue weighted by Crippen LogP contribution is 2.02. The fourth-order valence-electron chi connectivity index (χ4n) is 1.07. The molecular formula is C10H14N2O. The summed E-state index contributed by atoms with van der Waals surface area (Å²) in [6.07, 6.45) is 2.60. The van der Waals surface area contributed by atoms with Gasteiger partial charge in [0.05, 0.1) is 0 Å². The molecule has 0 saturated carbocycles. The van der Waals surface area contributed by atoms with Gasteiger partial charge in [0, 0.05) is 12.7 Å². The van der Waals surface area contributed by atoms with Gasteiger partial charge in [0.25, 0.3) is 5.91 Å². The van der Waals surface area contributed by atoms with Crippen LogP contribution in [0.3, 0.4) is 0 Å². The van der Waals surface area contributed by atoms with Crippen molar-refractivity contribution in [3.8, 4) is 0 Å². The van der Waals surface area contributed by atoms with E-state index in [1.54, 1.807) is 6.20 Å². The van der Waals surface area contributed by atoms with Crippen molar-refractivity contribution in [2.45, 2.75) is 20.3 Å². The Balaban J connectivity index is 2.82. The minimum absolute atomic E-state index is 0.0993. The van der Waals surface area contributed by atoms with Gasteiger partial charge in [-0.1, -0.05) is 6.92 Å². The molecule has 0 spiro atoms. The molecule has 0 aromatic carbocycles. The summed E-state index contributed by atoms with van der Waals surface area (Å²) < 4.78 is 0. The Kier molecular flexibility index (Phi) is 3.43. The van der Waals surface area contributed by atoms with Gasteiger partial charge in [-0.15, -0.1) is 0 Å². The zero-order chi connectivity index (χ0) is 9.68. The molecule has 3 nitrogen and oxygen atoms in total. The first-order chi connectivity index (χ1) is 6.27. The molecule has 0 saturated heterocycles. The molecule has 13 heavy (non-hydrogen) atoms. The van der Waals surface area contributed by atoms with Crippen molar-refractivity contribution in [2.75, 3.05) is 6.54 Å². The van der Waals surface area contributed by atoms with E-state index in [0.29, 0.717) is 12.2 Å². The zero-order valence-electron chi connectivity index (χ0n) is 8.00. The first-order valence-corrected chi connectivity index (χ1v) is 4.51. The summed E-state index contributed by atoms with van der Waals surface area (Å²) in [5.41, 5.74) is 1.64. The van der Waals surface area contributed by atoms with Crippen molar-refractivity contribution in [1.82, 2.24) is 10.3 Å². The molecule has 3 heteroatoms. The van der Waals surface area contributed by atoms with E-state index in [2.05, 4.69) is 17.2 Å². The topological polar surface area (TPSA) is 42.0 Å². The molecule has 1 heterocycles. The fraction of sp³-hybridized carbons (Fsp3) is 0.400. The van der Waals surface area contributed by atoms with E-state index in [4.69, 9.17) is 0 Å². The van der Waals surface area contributed by atoms with Crippen molar-refractivity contribution < 1.29 is 4.79 Å². The minimum atomic E-state index is -0.0993. The van der Waals surface area contributed by atoms with Crippen molar-refractivity contribution in [3.05, 3.63) is 29.6 Å². The van der Waals surface area contributed by atoms with Crippen LogP contribution in [-0.4, -0.2) is 17.4 Å². The van der Waals surface area contributed by atoms with Crippen molar-refractivity contribution >= 4 is 5.91 Å². The van der Waals surface area contributed by atoms with Gasteiger partial charge in [0.15, 0.2) is 0 Å². The zero-order valence-corrected chi connectivity index (χ0v) is 8.00. The van der Waals surface area contributed by atoms with Gasteiger partial charge in [0.1, 0.15) is 5.69 Å². The monoisotopic (exact) mass is 178 g/mol. The fourth-order valence-corrected chi connectivity index (χ4v) is 1.07. The summed E-state index contributed by atoms with van der Waals surface area (Å²) in [7, 11) is 0. The van der Waals surface area contributed by atoms with Crippen molar-refractivity contribution in [2.24, 2.45) is 0 Å². The molecule has 1 N–H and O–H groups in total. The lowest BCUT2D eigenvalue weighted by Gasteiger charge is -2.02. The van der Waals surface area contributed by atoms with Crippen LogP contribution in [-0.2, 0) is 6.42 Å². The Hall–Kier alpha value is -1.38. The highest BCUT2D eigenvalue weighted by Gasteiger charge is 2.04. The predicted molar refractivity (Wildman–Crippen MR) is 51.6 cm³/mol. The third-order valence-corrected chi connectivity index (χ3v) is 1.80. The minimum Gasteiger partial charge on any atom is -0.351 e. The maximum absolute atomic E-state index is 11.3. The number of aryl methyl sites for hydroxylation is 1. The molecule has 1 aromatic rings. The van der Waals surface area contributed by atoms with Crippen molar-refractivity contribution in [1.29, 1.82) is 0 Å². The number of pyridine rings is 1. The SMILES string of the molecule is CCNC(=O)c1cc(CC)ccn1. The van der Waals surface area contributed by atoms with Gasteiger partial charge in [0.2, 0.25) is 0 Å². The largest absolute Gasteiger partial charge is 0.351 e. The van der Waals surface area contributed by atoms with E-state index in [0.717, 1.165) is 12.0 Å².